The molecule has 0 saturated heterocycles. The molecule has 0 unspecified atom stereocenters. The molecule has 0 spiro atoms. The van der Waals surface area contributed by atoms with E-state index in [9.17, 15) is 54.2 Å². The first kappa shape index (κ1) is 79.6. The number of nitrogen functional groups attached to an aromatic ring is 7. The van der Waals surface area contributed by atoms with E-state index in [2.05, 4.69) is 68.3 Å². The smallest absolute Gasteiger partial charge is 0.296 e. The fourth-order valence-corrected chi connectivity index (χ4v) is 12.5. The second-order valence-electron chi connectivity index (χ2n) is 24.2. The summed E-state index contributed by atoms with van der Waals surface area (Å²) >= 11 is 0. The van der Waals surface area contributed by atoms with Crippen molar-refractivity contribution in [2.24, 2.45) is 61.4 Å². The Balaban J connectivity index is 0.000000172. The van der Waals surface area contributed by atoms with Crippen LogP contribution in [0, 0.1) is 34.6 Å². The van der Waals surface area contributed by atoms with Gasteiger partial charge in [0.2, 0.25) is 0 Å². The van der Waals surface area contributed by atoms with Gasteiger partial charge in [0.1, 0.15) is 43.1 Å². The molecule has 0 aliphatic rings. The van der Waals surface area contributed by atoms with E-state index < -0.39 is 67.9 Å². The molecule has 0 bridgehead atoms. The van der Waals surface area contributed by atoms with Crippen molar-refractivity contribution in [2.75, 3.05) is 47.2 Å². The van der Waals surface area contributed by atoms with Gasteiger partial charge in [-0.15, -0.1) is 25.6 Å². The highest BCUT2D eigenvalue weighted by Gasteiger charge is 2.26. The predicted octanol–water partition coefficient (Wildman–Crippen LogP) is 19.5. The van der Waals surface area contributed by atoms with E-state index in [4.69, 9.17) is 40.1 Å². The molecule has 0 aliphatic carbocycles. The van der Waals surface area contributed by atoms with Crippen LogP contribution in [-0.2, 0) is 30.4 Å². The first-order valence-electron chi connectivity index (χ1n) is 32.3. The molecule has 0 amide bonds. The molecule has 31 nitrogen and oxygen atoms in total. The number of benzene rings is 12. The van der Waals surface area contributed by atoms with Gasteiger partial charge < -0.3 is 55.5 Å². The van der Waals surface area contributed by atoms with Crippen molar-refractivity contribution in [2.45, 2.75) is 56.2 Å². The maximum absolute atomic E-state index is 12.0. The van der Waals surface area contributed by atoms with Gasteiger partial charge >= 0.3 is 0 Å². The zero-order chi connectivity index (χ0) is 79.4. The first-order valence-corrected chi connectivity index (χ1v) is 36.6. The van der Waals surface area contributed by atoms with Gasteiger partial charge in [0.15, 0.2) is 17.2 Å². The molecule has 0 atom stereocenters. The number of rotatable bonds is 15. The van der Waals surface area contributed by atoms with Gasteiger partial charge in [-0.3, -0.25) is 13.7 Å². The minimum absolute atomic E-state index is 0.0609. The summed E-state index contributed by atoms with van der Waals surface area (Å²) in [6.45, 7) is 11.2. The van der Waals surface area contributed by atoms with Gasteiger partial charge in [-0.05, 0) is 243 Å². The number of azo groups is 6. The van der Waals surface area contributed by atoms with Gasteiger partial charge in [-0.1, -0.05) is 42.5 Å². The molecule has 0 heterocycles. The predicted molar refractivity (Wildman–Crippen MR) is 426 cm³/mol. The molecule has 12 rings (SSSR count). The Morgan fingerprint density at radius 2 is 0.725 bits per heavy atom. The van der Waals surface area contributed by atoms with Crippen molar-refractivity contribution in [3.63, 3.8) is 0 Å². The highest BCUT2D eigenvalue weighted by molar-refractivity contribution is 7.86. The van der Waals surface area contributed by atoms with Crippen molar-refractivity contribution in [3.8, 4) is 17.2 Å². The lowest BCUT2D eigenvalue weighted by molar-refractivity contribution is 0.472. The number of phenolic OH excluding ortho intramolecular Hbond substituents is 3. The van der Waals surface area contributed by atoms with Gasteiger partial charge in [-0.25, -0.2) is 0 Å². The SMILES string of the molecule is C/C=C/c1ccc(N=Nc2c(S(=O)(=O)O)cc3ccc(N)cc3c2O)cc1S(=O)(=O)O.CN=Nc1ccc(N=Nc2ccc(N)cc2N)cc1.Cc1cc2cc(S(=O)(=O)O)c(N=Nc3ccc(N=Nc4ccc(N)cc4N)cc3)c(O)c2c(N)c1C.Cc1ccc(N=Nc2c(C)cc3ccc(N)cc3c2O)cc1C. The molecule has 558 valence electrons. The Bertz CT molecular complexity index is 6120. The quantitative estimate of drug-likeness (QED) is 0.0257. The van der Waals surface area contributed by atoms with Crippen molar-refractivity contribution in [1.82, 2.24) is 0 Å². The molecule has 0 fully saturated rings. The Morgan fingerprint density at radius 3 is 1.19 bits per heavy atom. The van der Waals surface area contributed by atoms with E-state index in [0.717, 1.165) is 51.1 Å². The van der Waals surface area contributed by atoms with Crippen LogP contribution in [0.15, 0.2) is 264 Å². The summed E-state index contributed by atoms with van der Waals surface area (Å²) in [5.74, 6) is -0.988. The summed E-state index contributed by atoms with van der Waals surface area (Å²) in [7, 11) is -12.5. The van der Waals surface area contributed by atoms with E-state index >= 15 is 0 Å². The van der Waals surface area contributed by atoms with Crippen LogP contribution >= 0.6 is 0 Å². The number of nitrogens with two attached hydrogens (primary N) is 7. The first-order chi connectivity index (χ1) is 51.5. The summed E-state index contributed by atoms with van der Waals surface area (Å²) in [5, 5.41) is 82.5. The second-order valence-corrected chi connectivity index (χ2v) is 28.4. The highest BCUT2D eigenvalue weighted by Crippen LogP contribution is 2.47. The van der Waals surface area contributed by atoms with E-state index in [1.807, 2.05) is 62.4 Å². The number of fused-ring (bicyclic) bond motifs is 3. The lowest BCUT2D eigenvalue weighted by Crippen LogP contribution is -2.01. The Morgan fingerprint density at radius 1 is 0.339 bits per heavy atom. The summed E-state index contributed by atoms with van der Waals surface area (Å²) in [6.07, 6.45) is 3.03. The zero-order valence-corrected chi connectivity index (χ0v) is 61.7. The largest absolute Gasteiger partial charge is 0.505 e. The van der Waals surface area contributed by atoms with Gasteiger partial charge in [0, 0.05) is 51.6 Å². The average molecular weight is 1530 g/mol. The Labute approximate surface area is 625 Å². The van der Waals surface area contributed by atoms with Crippen molar-refractivity contribution in [1.29, 1.82) is 0 Å². The number of hydrogen-bond donors (Lipinski definition) is 13. The zero-order valence-electron chi connectivity index (χ0n) is 59.2. The highest BCUT2D eigenvalue weighted by atomic mass is 32.2. The second kappa shape index (κ2) is 33.7. The lowest BCUT2D eigenvalue weighted by Gasteiger charge is -2.14. The van der Waals surface area contributed by atoms with Gasteiger partial charge in [-0.2, -0.15) is 61.1 Å². The standard InChI is InChI=1S/C24H23N7O4S.C19H17N3O7S2.C19H19N3O.C13H14N6/c1-12-9-14-10-20(36(33,34)35)23(24(32)21(14)22(27)13(12)2)31-29-17-6-4-16(5-7-17)28-30-19-8-3-15(25)11-18(19)26;1-2-3-11-5-7-14(10-16(11)30(24,25)26)21-22-18-17(31(27,28)29)8-12-4-6-13(20)9-15(12)19(18)23;1-11-4-7-16(9-12(11)2)21-22-18-13(3)8-14-5-6-15(20)10-17(14)19(18)23;1-16-17-10-3-5-11(6-4-10)18-19-13-7-2-9(14)8-12(13)15/h3-11,32H,25-27H2,1-2H3,(H,33,34,35);2-10,23H,20H2,1H3,(H,24,25,26)(H,27,28,29);4-10,23H,20H2,1-3H3;2-8H,14-15H2,1H3/b;3-2+,22-21?;;. The number of phenols is 3. The third kappa shape index (κ3) is 19.9. The van der Waals surface area contributed by atoms with Crippen molar-refractivity contribution in [3.05, 3.63) is 221 Å². The van der Waals surface area contributed by atoms with Gasteiger partial charge in [0.05, 0.1) is 45.5 Å². The molecule has 12 aromatic rings. The van der Waals surface area contributed by atoms with Crippen LogP contribution in [0.4, 0.5) is 102 Å². The van der Waals surface area contributed by atoms with Crippen LogP contribution in [-0.4, -0.2) is 61.3 Å². The van der Waals surface area contributed by atoms with Crippen molar-refractivity contribution >= 4 is 171 Å². The number of anilines is 7. The normalized spacial score (nSPS) is 12.1. The topological polar surface area (TPSA) is 554 Å². The van der Waals surface area contributed by atoms with Gasteiger partial charge in [0.25, 0.3) is 30.4 Å². The fraction of sp³-hybridized carbons (Fsp3) is 0.0933. The maximum atomic E-state index is 12.0. The molecule has 0 aliphatic heterocycles. The number of aryl methyl sites for hydroxylation is 4. The summed E-state index contributed by atoms with van der Waals surface area (Å²) < 4.78 is 99.8. The molecule has 34 heteroatoms. The number of aromatic hydroxyl groups is 3. The van der Waals surface area contributed by atoms with Crippen LogP contribution in [0.1, 0.15) is 40.3 Å². The molecule has 12 aromatic carbocycles. The third-order valence-corrected chi connectivity index (χ3v) is 19.0. The van der Waals surface area contributed by atoms with E-state index in [1.54, 1.807) is 119 Å². The minimum Gasteiger partial charge on any atom is -0.505 e. The van der Waals surface area contributed by atoms with E-state index in [1.165, 1.54) is 48.0 Å². The number of nitrogens with zero attached hydrogens (tertiary/aromatic N) is 12. The molecule has 0 radical (unpaired) electrons. The van der Waals surface area contributed by atoms with E-state index in [-0.39, 0.29) is 38.8 Å². The maximum Gasteiger partial charge on any atom is 0.296 e. The monoisotopic (exact) mass is 1530 g/mol. The minimum atomic E-state index is -4.80. The summed E-state index contributed by atoms with van der Waals surface area (Å²) in [6, 6.07) is 49.0. The molecular weight excluding hydrogens is 1460 g/mol. The van der Waals surface area contributed by atoms with Crippen LogP contribution in [0.3, 0.4) is 0 Å². The average Bonchev–Trinajstić information content (AvgIpc) is 0.767. The Kier molecular flexibility index (Phi) is 24.6. The molecule has 20 N–H and O–H groups in total. The molecule has 0 aromatic heterocycles. The molecule has 0 saturated carbocycles. The number of allylic oxidation sites excluding steroid dienone is 1. The fourth-order valence-electron chi connectivity index (χ4n) is 10.5. The number of hydrogen-bond acceptors (Lipinski definition) is 28. The van der Waals surface area contributed by atoms with Crippen LogP contribution in [0.5, 0.6) is 17.2 Å². The summed E-state index contributed by atoms with van der Waals surface area (Å²) in [5.41, 5.74) is 52.3. The van der Waals surface area contributed by atoms with Crippen molar-refractivity contribution < 1.29 is 54.2 Å². The van der Waals surface area contributed by atoms with E-state index in [0.29, 0.717) is 79.0 Å². The summed E-state index contributed by atoms with van der Waals surface area (Å²) in [4.78, 5) is -1.73. The molecule has 109 heavy (non-hydrogen) atoms. The third-order valence-electron chi connectivity index (χ3n) is 16.3. The Hall–Kier alpha value is -13.5. The molecular formula is C75H73N19O12S3. The van der Waals surface area contributed by atoms with Crippen LogP contribution in [0.25, 0.3) is 38.4 Å². The van der Waals surface area contributed by atoms with Crippen LogP contribution < -0.4 is 40.1 Å². The lowest BCUT2D eigenvalue weighted by atomic mass is 9.99. The van der Waals surface area contributed by atoms with Crippen LogP contribution in [0.2, 0.25) is 0 Å².